The van der Waals surface area contributed by atoms with Crippen LogP contribution in [0.4, 0.5) is 0 Å². The minimum absolute atomic E-state index is 0.0279. The summed E-state index contributed by atoms with van der Waals surface area (Å²) in [5.41, 5.74) is 1.02. The van der Waals surface area contributed by atoms with Crippen molar-refractivity contribution in [3.8, 4) is 0 Å². The molecule has 0 atom stereocenters. The van der Waals surface area contributed by atoms with Gasteiger partial charge in [-0.05, 0) is 36.3 Å². The van der Waals surface area contributed by atoms with E-state index in [9.17, 15) is 4.79 Å². The zero-order valence-electron chi connectivity index (χ0n) is 11.4. The highest BCUT2D eigenvalue weighted by Gasteiger charge is 2.09. The molecule has 0 aliphatic rings. The van der Waals surface area contributed by atoms with Gasteiger partial charge in [0.25, 0.3) is 0 Å². The second-order valence-electron chi connectivity index (χ2n) is 4.28. The van der Waals surface area contributed by atoms with Gasteiger partial charge in [0.05, 0.1) is 6.61 Å². The van der Waals surface area contributed by atoms with E-state index in [0.29, 0.717) is 30.3 Å². The molecule has 1 aromatic heterocycles. The van der Waals surface area contributed by atoms with Crippen LogP contribution in [0.2, 0.25) is 5.02 Å². The third kappa shape index (κ3) is 4.78. The zero-order valence-corrected chi connectivity index (χ0v) is 13.8. The molecule has 2 rings (SSSR count). The van der Waals surface area contributed by atoms with Gasteiger partial charge in [0.15, 0.2) is 12.4 Å². The number of hydrogen-bond acceptors (Lipinski definition) is 5. The summed E-state index contributed by atoms with van der Waals surface area (Å²) in [6, 6.07) is 5.74. The van der Waals surface area contributed by atoms with E-state index in [-0.39, 0.29) is 12.5 Å². The van der Waals surface area contributed by atoms with Crippen LogP contribution in [0, 0.1) is 0 Å². The number of esters is 1. The van der Waals surface area contributed by atoms with Crippen molar-refractivity contribution in [2.45, 2.75) is 26.3 Å². The first kappa shape index (κ1) is 15.9. The normalized spacial score (nSPS) is 10.6. The Bertz CT molecular complexity index is 632. The second-order valence-corrected chi connectivity index (χ2v) is 5.60. The number of aromatic nitrogens is 4. The van der Waals surface area contributed by atoms with E-state index in [4.69, 9.17) is 16.3 Å². The molecule has 8 heteroatoms. The van der Waals surface area contributed by atoms with Crippen LogP contribution in [-0.4, -0.2) is 32.8 Å². The van der Waals surface area contributed by atoms with Gasteiger partial charge >= 0.3 is 5.97 Å². The molecule has 0 aliphatic carbocycles. The van der Waals surface area contributed by atoms with Gasteiger partial charge in [0.2, 0.25) is 0 Å². The number of hydrogen-bond donors (Lipinski definition) is 0. The van der Waals surface area contributed by atoms with Gasteiger partial charge in [-0.3, -0.25) is 0 Å². The number of rotatable bonds is 6. The fourth-order valence-electron chi connectivity index (χ4n) is 1.74. The van der Waals surface area contributed by atoms with E-state index in [1.165, 1.54) is 4.80 Å². The molecule has 21 heavy (non-hydrogen) atoms. The highest BCUT2D eigenvalue weighted by atomic mass is 79.9. The van der Waals surface area contributed by atoms with Gasteiger partial charge in [-0.15, -0.1) is 10.2 Å². The first-order valence-corrected chi connectivity index (χ1v) is 7.62. The number of carbonyl (C=O) groups is 1. The minimum Gasteiger partial charge on any atom is -0.465 e. The van der Waals surface area contributed by atoms with Crippen LogP contribution >= 0.6 is 27.5 Å². The van der Waals surface area contributed by atoms with Crippen molar-refractivity contribution in [2.24, 2.45) is 0 Å². The Labute approximate surface area is 135 Å². The Hall–Kier alpha value is -1.47. The topological polar surface area (TPSA) is 69.9 Å². The van der Waals surface area contributed by atoms with E-state index in [2.05, 4.69) is 31.3 Å². The SMILES string of the molecule is CCOC(=O)Cn1nnc(CCc2ccc(Br)cc2Cl)n1. The summed E-state index contributed by atoms with van der Waals surface area (Å²) in [5.74, 6) is 0.190. The average molecular weight is 374 g/mol. The van der Waals surface area contributed by atoms with Crippen LogP contribution < -0.4 is 0 Å². The lowest BCUT2D eigenvalue weighted by Gasteiger charge is -2.02. The summed E-state index contributed by atoms with van der Waals surface area (Å²) in [5, 5.41) is 12.6. The third-order valence-corrected chi connectivity index (χ3v) is 3.55. The molecule has 0 radical (unpaired) electrons. The molecule has 0 amide bonds. The second kappa shape index (κ2) is 7.51. The molecule has 1 heterocycles. The van der Waals surface area contributed by atoms with Crippen molar-refractivity contribution >= 4 is 33.5 Å². The molecule has 0 fully saturated rings. The monoisotopic (exact) mass is 372 g/mol. The summed E-state index contributed by atoms with van der Waals surface area (Å²) in [7, 11) is 0. The van der Waals surface area contributed by atoms with Gasteiger partial charge in [0.1, 0.15) is 0 Å². The molecular weight excluding hydrogens is 360 g/mol. The Morgan fingerprint density at radius 1 is 1.43 bits per heavy atom. The van der Waals surface area contributed by atoms with Crippen molar-refractivity contribution in [1.29, 1.82) is 0 Å². The largest absolute Gasteiger partial charge is 0.465 e. The van der Waals surface area contributed by atoms with Crippen molar-refractivity contribution in [3.63, 3.8) is 0 Å². The number of tetrazole rings is 1. The van der Waals surface area contributed by atoms with E-state index in [1.54, 1.807) is 6.92 Å². The molecule has 0 aliphatic heterocycles. The van der Waals surface area contributed by atoms with Crippen LogP contribution in [0.5, 0.6) is 0 Å². The molecule has 0 spiro atoms. The smallest absolute Gasteiger partial charge is 0.329 e. The number of nitrogens with zero attached hydrogens (tertiary/aromatic N) is 4. The number of ether oxygens (including phenoxy) is 1. The summed E-state index contributed by atoms with van der Waals surface area (Å²) in [6.07, 6.45) is 1.31. The Kier molecular flexibility index (Phi) is 5.69. The number of halogens is 2. The minimum atomic E-state index is -0.377. The average Bonchev–Trinajstić information content (AvgIpc) is 2.85. The van der Waals surface area contributed by atoms with Gasteiger partial charge in [0, 0.05) is 15.9 Å². The summed E-state index contributed by atoms with van der Waals surface area (Å²) in [4.78, 5) is 12.5. The highest BCUT2D eigenvalue weighted by Crippen LogP contribution is 2.22. The molecule has 0 N–H and O–H groups in total. The van der Waals surface area contributed by atoms with Crippen molar-refractivity contribution in [2.75, 3.05) is 6.61 Å². The maximum absolute atomic E-state index is 11.3. The molecule has 2 aromatic rings. The van der Waals surface area contributed by atoms with E-state index in [1.807, 2.05) is 18.2 Å². The Morgan fingerprint density at radius 3 is 2.95 bits per heavy atom. The third-order valence-electron chi connectivity index (χ3n) is 2.70. The maximum atomic E-state index is 11.3. The van der Waals surface area contributed by atoms with E-state index >= 15 is 0 Å². The van der Waals surface area contributed by atoms with E-state index in [0.717, 1.165) is 10.0 Å². The molecule has 0 unspecified atom stereocenters. The standard InChI is InChI=1S/C13H14BrClN4O2/c1-2-21-13(20)8-19-17-12(16-18-19)6-4-9-3-5-10(14)7-11(9)15/h3,5,7H,2,4,6,8H2,1H3. The van der Waals surface area contributed by atoms with Crippen LogP contribution in [0.1, 0.15) is 18.3 Å². The summed E-state index contributed by atoms with van der Waals surface area (Å²) < 4.78 is 5.76. The lowest BCUT2D eigenvalue weighted by atomic mass is 10.1. The van der Waals surface area contributed by atoms with Crippen molar-refractivity contribution in [1.82, 2.24) is 20.2 Å². The lowest BCUT2D eigenvalue weighted by Crippen LogP contribution is -2.15. The maximum Gasteiger partial charge on any atom is 0.329 e. The molecule has 0 saturated carbocycles. The predicted molar refractivity (Wildman–Crippen MR) is 81.0 cm³/mol. The van der Waals surface area contributed by atoms with Gasteiger partial charge < -0.3 is 4.74 Å². The predicted octanol–water partition coefficient (Wildman–Crippen LogP) is 2.44. The van der Waals surface area contributed by atoms with Crippen LogP contribution in [0.25, 0.3) is 0 Å². The molecule has 0 saturated heterocycles. The van der Waals surface area contributed by atoms with Crippen LogP contribution in [0.3, 0.4) is 0 Å². The fourth-order valence-corrected chi connectivity index (χ4v) is 2.50. The summed E-state index contributed by atoms with van der Waals surface area (Å²) in [6.45, 7) is 2.06. The quantitative estimate of drug-likeness (QED) is 0.727. The zero-order chi connectivity index (χ0) is 15.2. The lowest BCUT2D eigenvalue weighted by molar-refractivity contribution is -0.144. The van der Waals surface area contributed by atoms with E-state index < -0.39 is 0 Å². The number of carbonyl (C=O) groups excluding carboxylic acids is 1. The molecular formula is C13H14BrClN4O2. The Balaban J connectivity index is 1.92. The van der Waals surface area contributed by atoms with Crippen molar-refractivity contribution < 1.29 is 9.53 Å². The first-order chi connectivity index (χ1) is 10.1. The molecule has 0 bridgehead atoms. The first-order valence-electron chi connectivity index (χ1n) is 6.44. The van der Waals surface area contributed by atoms with Gasteiger partial charge in [-0.1, -0.05) is 33.6 Å². The fraction of sp³-hybridized carbons (Fsp3) is 0.385. The van der Waals surface area contributed by atoms with Crippen molar-refractivity contribution in [3.05, 3.63) is 39.1 Å². The van der Waals surface area contributed by atoms with Crippen LogP contribution in [0.15, 0.2) is 22.7 Å². The van der Waals surface area contributed by atoms with Gasteiger partial charge in [-0.2, -0.15) is 4.80 Å². The number of benzene rings is 1. The Morgan fingerprint density at radius 2 is 2.24 bits per heavy atom. The van der Waals surface area contributed by atoms with Gasteiger partial charge in [-0.25, -0.2) is 4.79 Å². The van der Waals surface area contributed by atoms with Crippen LogP contribution in [-0.2, 0) is 28.9 Å². The molecule has 6 nitrogen and oxygen atoms in total. The number of aryl methyl sites for hydroxylation is 2. The molecule has 112 valence electrons. The molecule has 1 aromatic carbocycles. The highest BCUT2D eigenvalue weighted by molar-refractivity contribution is 9.10. The summed E-state index contributed by atoms with van der Waals surface area (Å²) >= 11 is 9.52.